The standard InChI is InChI=1S/C8H6ClNO3/c9-7-2-1-6(8(11)5-7)3-4-10(12)13/h1-5,11H/b4-3+. The van der Waals surface area contributed by atoms with Gasteiger partial charge in [-0.15, -0.1) is 0 Å². The summed E-state index contributed by atoms with van der Waals surface area (Å²) < 4.78 is 0. The molecule has 0 aliphatic heterocycles. The monoisotopic (exact) mass is 199 g/mol. The molecule has 1 N–H and O–H groups in total. The number of halogens is 1. The smallest absolute Gasteiger partial charge is 0.235 e. The van der Waals surface area contributed by atoms with Crippen molar-refractivity contribution in [1.82, 2.24) is 0 Å². The summed E-state index contributed by atoms with van der Waals surface area (Å²) in [5.74, 6) is -0.0781. The molecule has 0 saturated carbocycles. The van der Waals surface area contributed by atoms with Crippen LogP contribution in [0.15, 0.2) is 24.4 Å². The summed E-state index contributed by atoms with van der Waals surface area (Å²) in [5.41, 5.74) is 0.362. The van der Waals surface area contributed by atoms with Crippen LogP contribution in [0, 0.1) is 10.1 Å². The van der Waals surface area contributed by atoms with E-state index in [1.54, 1.807) is 6.07 Å². The van der Waals surface area contributed by atoms with Crippen molar-refractivity contribution in [3.63, 3.8) is 0 Å². The second kappa shape index (κ2) is 3.91. The zero-order valence-corrected chi connectivity index (χ0v) is 7.23. The number of aromatic hydroxyl groups is 1. The Morgan fingerprint density at radius 3 is 2.77 bits per heavy atom. The number of phenols is 1. The van der Waals surface area contributed by atoms with E-state index in [2.05, 4.69) is 0 Å². The molecule has 4 nitrogen and oxygen atoms in total. The van der Waals surface area contributed by atoms with Crippen LogP contribution in [0.2, 0.25) is 5.02 Å². The van der Waals surface area contributed by atoms with Crippen LogP contribution in [0.25, 0.3) is 6.08 Å². The summed E-state index contributed by atoms with van der Waals surface area (Å²) in [6.45, 7) is 0. The van der Waals surface area contributed by atoms with Crippen LogP contribution >= 0.6 is 11.6 Å². The molecule has 1 aromatic carbocycles. The summed E-state index contributed by atoms with van der Waals surface area (Å²) in [5, 5.41) is 19.6. The first-order chi connectivity index (χ1) is 6.09. The van der Waals surface area contributed by atoms with E-state index in [-0.39, 0.29) is 5.75 Å². The Morgan fingerprint density at radius 2 is 2.23 bits per heavy atom. The molecule has 0 spiro atoms. The third-order valence-corrected chi connectivity index (χ3v) is 1.60. The minimum absolute atomic E-state index is 0.0781. The first-order valence-electron chi connectivity index (χ1n) is 3.40. The fraction of sp³-hybridized carbons (Fsp3) is 0. The lowest BCUT2D eigenvalue weighted by atomic mass is 10.2. The van der Waals surface area contributed by atoms with Crippen LogP contribution in [-0.2, 0) is 0 Å². The molecule has 0 bridgehead atoms. The van der Waals surface area contributed by atoms with Gasteiger partial charge in [0.25, 0.3) is 0 Å². The number of nitro groups is 1. The molecule has 0 radical (unpaired) electrons. The lowest BCUT2D eigenvalue weighted by Gasteiger charge is -1.97. The summed E-state index contributed by atoms with van der Waals surface area (Å²) in [6.07, 6.45) is 1.95. The average Bonchev–Trinajstić information content (AvgIpc) is 2.02. The summed E-state index contributed by atoms with van der Waals surface area (Å²) >= 11 is 5.56. The van der Waals surface area contributed by atoms with Gasteiger partial charge in [-0.25, -0.2) is 0 Å². The molecule has 0 atom stereocenters. The molecule has 0 aliphatic carbocycles. The number of nitrogens with zero attached hydrogens (tertiary/aromatic N) is 1. The number of benzene rings is 1. The third kappa shape index (κ3) is 2.76. The van der Waals surface area contributed by atoms with Gasteiger partial charge in [0.2, 0.25) is 6.20 Å². The van der Waals surface area contributed by atoms with Crippen LogP contribution in [0.4, 0.5) is 0 Å². The average molecular weight is 200 g/mol. The van der Waals surface area contributed by atoms with E-state index in [0.29, 0.717) is 10.6 Å². The lowest BCUT2D eigenvalue weighted by Crippen LogP contribution is -1.82. The second-order valence-corrected chi connectivity index (χ2v) is 2.74. The predicted molar refractivity (Wildman–Crippen MR) is 49.1 cm³/mol. The highest BCUT2D eigenvalue weighted by molar-refractivity contribution is 6.30. The van der Waals surface area contributed by atoms with Crippen LogP contribution < -0.4 is 0 Å². The molecule has 0 fully saturated rings. The van der Waals surface area contributed by atoms with Gasteiger partial charge in [0, 0.05) is 16.7 Å². The van der Waals surface area contributed by atoms with Gasteiger partial charge in [-0.3, -0.25) is 10.1 Å². The molecular formula is C8H6ClNO3. The minimum atomic E-state index is -0.603. The molecule has 13 heavy (non-hydrogen) atoms. The number of hydrogen-bond donors (Lipinski definition) is 1. The topological polar surface area (TPSA) is 63.4 Å². The van der Waals surface area contributed by atoms with E-state index in [0.717, 1.165) is 6.20 Å². The van der Waals surface area contributed by atoms with Gasteiger partial charge in [-0.05, 0) is 18.2 Å². The van der Waals surface area contributed by atoms with Gasteiger partial charge in [0.1, 0.15) is 5.75 Å². The van der Waals surface area contributed by atoms with Crippen molar-refractivity contribution in [1.29, 1.82) is 0 Å². The third-order valence-electron chi connectivity index (χ3n) is 1.37. The van der Waals surface area contributed by atoms with E-state index >= 15 is 0 Å². The maximum Gasteiger partial charge on any atom is 0.235 e. The summed E-state index contributed by atoms with van der Waals surface area (Å²) in [6, 6.07) is 4.36. The van der Waals surface area contributed by atoms with Crippen molar-refractivity contribution in [2.45, 2.75) is 0 Å². The summed E-state index contributed by atoms with van der Waals surface area (Å²) in [4.78, 5) is 9.36. The van der Waals surface area contributed by atoms with Crippen molar-refractivity contribution in [3.8, 4) is 5.75 Å². The highest BCUT2D eigenvalue weighted by Gasteiger charge is 1.99. The van der Waals surface area contributed by atoms with Crippen LogP contribution in [0.5, 0.6) is 5.75 Å². The van der Waals surface area contributed by atoms with Crippen LogP contribution in [0.1, 0.15) is 5.56 Å². The predicted octanol–water partition coefficient (Wildman–Crippen LogP) is 2.29. The molecule has 0 aliphatic rings. The second-order valence-electron chi connectivity index (χ2n) is 2.30. The van der Waals surface area contributed by atoms with Crippen molar-refractivity contribution < 1.29 is 10.0 Å². The molecule has 1 aromatic rings. The molecular weight excluding hydrogens is 194 g/mol. The lowest BCUT2D eigenvalue weighted by molar-refractivity contribution is -0.400. The number of rotatable bonds is 2. The quantitative estimate of drug-likeness (QED) is 0.587. The van der Waals surface area contributed by atoms with E-state index in [1.165, 1.54) is 18.2 Å². The molecule has 0 amide bonds. The summed E-state index contributed by atoms with van der Waals surface area (Å²) in [7, 11) is 0. The van der Waals surface area contributed by atoms with Gasteiger partial charge in [0.05, 0.1) is 4.92 Å². The van der Waals surface area contributed by atoms with Crippen molar-refractivity contribution in [3.05, 3.63) is 45.1 Å². The normalized spacial score (nSPS) is 10.5. The number of phenolic OH excluding ortho intramolecular Hbond substituents is 1. The molecule has 1 rings (SSSR count). The first-order valence-corrected chi connectivity index (χ1v) is 3.77. The van der Waals surface area contributed by atoms with E-state index < -0.39 is 4.92 Å². The van der Waals surface area contributed by atoms with Crippen molar-refractivity contribution in [2.24, 2.45) is 0 Å². The molecule has 0 saturated heterocycles. The van der Waals surface area contributed by atoms with Gasteiger partial charge in [0.15, 0.2) is 0 Å². The van der Waals surface area contributed by atoms with Crippen molar-refractivity contribution >= 4 is 17.7 Å². The Labute approximate surface area is 79.2 Å². The molecule has 68 valence electrons. The first kappa shape index (κ1) is 9.54. The highest BCUT2D eigenvalue weighted by Crippen LogP contribution is 2.22. The van der Waals surface area contributed by atoms with E-state index in [9.17, 15) is 15.2 Å². The SMILES string of the molecule is O=[N+]([O-])/C=C/c1ccc(Cl)cc1O. The van der Waals surface area contributed by atoms with Crippen molar-refractivity contribution in [2.75, 3.05) is 0 Å². The van der Waals surface area contributed by atoms with Crippen LogP contribution in [0.3, 0.4) is 0 Å². The number of hydrogen-bond acceptors (Lipinski definition) is 3. The highest BCUT2D eigenvalue weighted by atomic mass is 35.5. The van der Waals surface area contributed by atoms with Gasteiger partial charge < -0.3 is 5.11 Å². The Morgan fingerprint density at radius 1 is 1.54 bits per heavy atom. The maximum atomic E-state index is 9.96. The zero-order valence-electron chi connectivity index (χ0n) is 6.48. The molecule has 0 heterocycles. The maximum absolute atomic E-state index is 9.96. The largest absolute Gasteiger partial charge is 0.507 e. The van der Waals surface area contributed by atoms with Gasteiger partial charge >= 0.3 is 0 Å². The van der Waals surface area contributed by atoms with E-state index in [4.69, 9.17) is 11.6 Å². The zero-order chi connectivity index (χ0) is 9.84. The Bertz CT molecular complexity index is 362. The fourth-order valence-electron chi connectivity index (χ4n) is 0.799. The minimum Gasteiger partial charge on any atom is -0.507 e. The fourth-order valence-corrected chi connectivity index (χ4v) is 0.965. The molecule has 5 heteroatoms. The molecule has 0 unspecified atom stereocenters. The molecule has 0 aromatic heterocycles. The van der Waals surface area contributed by atoms with Crippen LogP contribution in [-0.4, -0.2) is 10.0 Å². The van der Waals surface area contributed by atoms with E-state index in [1.807, 2.05) is 0 Å². The Balaban J connectivity index is 2.96. The van der Waals surface area contributed by atoms with Gasteiger partial charge in [-0.2, -0.15) is 0 Å². The Kier molecular flexibility index (Phi) is 2.87. The van der Waals surface area contributed by atoms with Gasteiger partial charge in [-0.1, -0.05) is 11.6 Å². The Hall–Kier alpha value is -1.55.